The second-order valence-corrected chi connectivity index (χ2v) is 18.2. The zero-order chi connectivity index (χ0) is 39.3. The quantitative estimate of drug-likeness (QED) is 0.333. The second-order valence-electron chi connectivity index (χ2n) is 16.3. The zero-order valence-corrected chi connectivity index (χ0v) is 32.7. The molecule has 2 aliphatic carbocycles. The SMILES string of the molecule is COc1ccc2c(O[C@@H]3C[C@H]4C(=O)N[C@]5(C(=O)NS(=O)(=O)C6CC6)C[C@H]5C=CCCCC(=O)N(C)[C@@H](C(C)(C)C)C(=O)N4C3)cc(-c3ccccc3)nc2c1. The van der Waals surface area contributed by atoms with E-state index in [4.69, 9.17) is 14.5 Å². The molecule has 4 amide bonds. The van der Waals surface area contributed by atoms with Crippen LogP contribution in [0.4, 0.5) is 0 Å². The predicted molar refractivity (Wildman–Crippen MR) is 206 cm³/mol. The van der Waals surface area contributed by atoms with E-state index in [2.05, 4.69) is 10.0 Å². The Hall–Kier alpha value is -4.98. The fourth-order valence-electron chi connectivity index (χ4n) is 7.91. The number of carbonyl (C=O) groups excluding carboxylic acids is 4. The Morgan fingerprint density at radius 1 is 1.05 bits per heavy atom. The van der Waals surface area contributed by atoms with Crippen molar-refractivity contribution in [2.24, 2.45) is 11.3 Å². The molecule has 1 aromatic heterocycles. The Morgan fingerprint density at radius 2 is 1.80 bits per heavy atom. The normalized spacial score (nSPS) is 26.4. The number of amides is 4. The molecule has 5 atom stereocenters. The van der Waals surface area contributed by atoms with Crippen molar-refractivity contribution >= 4 is 44.6 Å². The van der Waals surface area contributed by atoms with Crippen LogP contribution in [0.5, 0.6) is 11.5 Å². The van der Waals surface area contributed by atoms with Gasteiger partial charge in [-0.15, -0.1) is 0 Å². The third-order valence-electron chi connectivity index (χ3n) is 11.1. The summed E-state index contributed by atoms with van der Waals surface area (Å²) in [6.07, 6.45) is 5.47. The van der Waals surface area contributed by atoms with Gasteiger partial charge in [-0.25, -0.2) is 13.4 Å². The lowest BCUT2D eigenvalue weighted by Crippen LogP contribution is -2.60. The molecular formula is C41H49N5O8S. The summed E-state index contributed by atoms with van der Waals surface area (Å²) in [6.45, 7) is 5.66. The summed E-state index contributed by atoms with van der Waals surface area (Å²) in [6, 6.07) is 15.0. The van der Waals surface area contributed by atoms with Gasteiger partial charge < -0.3 is 24.6 Å². The van der Waals surface area contributed by atoms with E-state index >= 15 is 0 Å². The molecular weight excluding hydrogens is 723 g/mol. The number of nitrogens with zero attached hydrogens (tertiary/aromatic N) is 3. The molecule has 14 heteroatoms. The maximum absolute atomic E-state index is 14.8. The summed E-state index contributed by atoms with van der Waals surface area (Å²) >= 11 is 0. The first kappa shape index (κ1) is 38.3. The molecule has 2 aliphatic heterocycles. The van der Waals surface area contributed by atoms with Crippen LogP contribution in [0.15, 0.2) is 66.7 Å². The van der Waals surface area contributed by atoms with Gasteiger partial charge in [-0.2, -0.15) is 0 Å². The third kappa shape index (κ3) is 7.78. The molecule has 0 radical (unpaired) electrons. The van der Waals surface area contributed by atoms with Gasteiger partial charge in [0.1, 0.15) is 35.2 Å². The van der Waals surface area contributed by atoms with Crippen molar-refractivity contribution in [2.45, 2.75) is 94.7 Å². The number of rotatable bonds is 7. The van der Waals surface area contributed by atoms with E-state index in [9.17, 15) is 27.6 Å². The Kier molecular flexibility index (Phi) is 10.2. The molecule has 4 aliphatic rings. The lowest BCUT2D eigenvalue weighted by atomic mass is 9.84. The number of likely N-dealkylation sites (N-methyl/N-ethyl adjacent to an activating group) is 1. The lowest BCUT2D eigenvalue weighted by Gasteiger charge is -2.40. The van der Waals surface area contributed by atoms with Crippen LogP contribution in [0.1, 0.15) is 65.7 Å². The van der Waals surface area contributed by atoms with Gasteiger partial charge in [-0.1, -0.05) is 63.3 Å². The Labute approximate surface area is 321 Å². The van der Waals surface area contributed by atoms with E-state index in [1.807, 2.05) is 87.5 Å². The number of hydrogen-bond acceptors (Lipinski definition) is 9. The fraction of sp³-hybridized carbons (Fsp3) is 0.488. The maximum atomic E-state index is 14.8. The monoisotopic (exact) mass is 771 g/mol. The first-order valence-electron chi connectivity index (χ1n) is 18.9. The van der Waals surface area contributed by atoms with Crippen LogP contribution in [0.3, 0.4) is 0 Å². The average Bonchev–Trinajstić information content (AvgIpc) is 4.07. The molecule has 3 fully saturated rings. The van der Waals surface area contributed by atoms with Crippen molar-refractivity contribution < 1.29 is 37.1 Å². The Balaban J connectivity index is 1.26. The highest BCUT2D eigenvalue weighted by Crippen LogP contribution is 2.46. The zero-order valence-electron chi connectivity index (χ0n) is 31.9. The van der Waals surface area contributed by atoms with Crippen molar-refractivity contribution in [3.8, 4) is 22.8 Å². The summed E-state index contributed by atoms with van der Waals surface area (Å²) in [5, 5.41) is 3.00. The number of ether oxygens (including phenoxy) is 2. The van der Waals surface area contributed by atoms with E-state index in [1.54, 1.807) is 14.2 Å². The number of carbonyl (C=O) groups is 4. The highest BCUT2D eigenvalue weighted by Gasteiger charge is 2.62. The van der Waals surface area contributed by atoms with Crippen LogP contribution in [-0.2, 0) is 29.2 Å². The molecule has 2 aromatic carbocycles. The summed E-state index contributed by atoms with van der Waals surface area (Å²) in [5.74, 6) is -1.34. The van der Waals surface area contributed by atoms with E-state index in [0.29, 0.717) is 53.8 Å². The number of pyridine rings is 1. The number of methoxy groups -OCH3 is 1. The third-order valence-corrected chi connectivity index (χ3v) is 12.9. The van der Waals surface area contributed by atoms with Crippen molar-refractivity contribution in [3.05, 3.63) is 66.7 Å². The minimum atomic E-state index is -3.90. The molecule has 1 saturated heterocycles. The average molecular weight is 772 g/mol. The molecule has 7 rings (SSSR count). The van der Waals surface area contributed by atoms with E-state index in [-0.39, 0.29) is 31.7 Å². The van der Waals surface area contributed by atoms with Crippen LogP contribution in [-0.4, -0.2) is 96.5 Å². The topological polar surface area (TPSA) is 164 Å². The number of allylic oxidation sites excluding steroid dienone is 1. The maximum Gasteiger partial charge on any atom is 0.259 e. The fourth-order valence-corrected chi connectivity index (χ4v) is 9.27. The summed E-state index contributed by atoms with van der Waals surface area (Å²) in [4.78, 5) is 64.5. The summed E-state index contributed by atoms with van der Waals surface area (Å²) < 4.78 is 40.2. The van der Waals surface area contributed by atoms with Crippen LogP contribution in [0.2, 0.25) is 0 Å². The molecule has 0 unspecified atom stereocenters. The van der Waals surface area contributed by atoms with E-state index in [1.165, 1.54) is 9.80 Å². The number of benzene rings is 2. The van der Waals surface area contributed by atoms with Crippen molar-refractivity contribution in [1.29, 1.82) is 0 Å². The Bertz CT molecular complexity index is 2150. The van der Waals surface area contributed by atoms with Gasteiger partial charge in [0.25, 0.3) is 5.91 Å². The van der Waals surface area contributed by atoms with Gasteiger partial charge in [0, 0.05) is 48.9 Å². The van der Waals surface area contributed by atoms with Gasteiger partial charge in [-0.05, 0) is 49.7 Å². The molecule has 0 spiro atoms. The molecule has 55 heavy (non-hydrogen) atoms. The molecule has 292 valence electrons. The lowest BCUT2D eigenvalue weighted by molar-refractivity contribution is -0.151. The molecule has 2 saturated carbocycles. The van der Waals surface area contributed by atoms with Gasteiger partial charge >= 0.3 is 0 Å². The van der Waals surface area contributed by atoms with E-state index < -0.39 is 68.1 Å². The van der Waals surface area contributed by atoms with Gasteiger partial charge in [-0.3, -0.25) is 23.9 Å². The minimum Gasteiger partial charge on any atom is -0.497 e. The van der Waals surface area contributed by atoms with Gasteiger partial charge in [0.05, 0.1) is 30.1 Å². The number of sulfonamides is 1. The number of hydrogen-bond donors (Lipinski definition) is 2. The Morgan fingerprint density at radius 3 is 2.49 bits per heavy atom. The molecule has 3 heterocycles. The van der Waals surface area contributed by atoms with Crippen molar-refractivity contribution in [3.63, 3.8) is 0 Å². The van der Waals surface area contributed by atoms with Crippen molar-refractivity contribution in [1.82, 2.24) is 24.8 Å². The smallest absolute Gasteiger partial charge is 0.259 e. The van der Waals surface area contributed by atoms with Crippen molar-refractivity contribution in [2.75, 3.05) is 20.7 Å². The molecule has 3 aromatic rings. The highest BCUT2D eigenvalue weighted by molar-refractivity contribution is 7.91. The predicted octanol–water partition coefficient (Wildman–Crippen LogP) is 4.36. The van der Waals surface area contributed by atoms with Gasteiger partial charge in [0.15, 0.2) is 0 Å². The summed E-state index contributed by atoms with van der Waals surface area (Å²) in [7, 11) is -0.692. The second kappa shape index (κ2) is 14.6. The van der Waals surface area contributed by atoms with Crippen LogP contribution in [0.25, 0.3) is 22.2 Å². The number of fused-ring (bicyclic) bond motifs is 3. The molecule has 13 nitrogen and oxygen atoms in total. The number of nitrogens with one attached hydrogen (secondary N) is 2. The molecule has 2 N–H and O–H groups in total. The van der Waals surface area contributed by atoms with Crippen LogP contribution in [0, 0.1) is 11.3 Å². The standard InChI is InChI=1S/C41H49N5O8S/c1-40(2,3)36-38(49)46-24-28(54-34-22-31(25-12-8-6-9-13-25)42-32-20-27(53-5)16-19-30(32)34)21-33(46)37(48)43-41(39(50)44-55(51,52)29-17-18-29)23-26(41)14-10-7-11-15-35(47)45(36)4/h6,8-10,12-14,16,19-20,22,26,28-29,33,36H,7,11,15,17-18,21,23-24H2,1-5H3,(H,43,48)(H,44,50)/t26-,28-,33+,36-,41-/m1/s1. The van der Waals surface area contributed by atoms with Crippen LogP contribution < -0.4 is 19.5 Å². The highest BCUT2D eigenvalue weighted by atomic mass is 32.2. The summed E-state index contributed by atoms with van der Waals surface area (Å²) in [5.41, 5.74) is -0.0586. The van der Waals surface area contributed by atoms with E-state index in [0.717, 1.165) is 5.56 Å². The van der Waals surface area contributed by atoms with Crippen LogP contribution >= 0.6 is 0 Å². The molecule has 0 bridgehead atoms. The first-order valence-corrected chi connectivity index (χ1v) is 20.5. The minimum absolute atomic E-state index is 0.0186. The van der Waals surface area contributed by atoms with Gasteiger partial charge in [0.2, 0.25) is 27.7 Å². The first-order chi connectivity index (χ1) is 26.1. The largest absolute Gasteiger partial charge is 0.497 e. The number of aromatic nitrogens is 1.